The Morgan fingerprint density at radius 3 is 2.29 bits per heavy atom. The highest BCUT2D eigenvalue weighted by molar-refractivity contribution is 6.23. The van der Waals surface area contributed by atoms with Crippen molar-refractivity contribution in [2.75, 3.05) is 19.1 Å². The molecule has 35 heavy (non-hydrogen) atoms. The molecule has 0 aromatic heterocycles. The van der Waals surface area contributed by atoms with E-state index in [9.17, 15) is 14.4 Å². The number of anilines is 1. The maximum Gasteiger partial charge on any atom is 0.308 e. The molecule has 2 saturated carbocycles. The Morgan fingerprint density at radius 1 is 0.943 bits per heavy atom. The third-order valence-electron chi connectivity index (χ3n) is 7.73. The number of hydrogen-bond acceptors (Lipinski definition) is 8. The zero-order valence-corrected chi connectivity index (χ0v) is 19.5. The van der Waals surface area contributed by atoms with Gasteiger partial charge in [0.25, 0.3) is 0 Å². The monoisotopic (exact) mass is 476 g/mol. The summed E-state index contributed by atoms with van der Waals surface area (Å²) in [5, 5.41) is 4.40. The summed E-state index contributed by atoms with van der Waals surface area (Å²) < 4.78 is 16.0. The first kappa shape index (κ1) is 21.6. The second kappa shape index (κ2) is 7.83. The average Bonchev–Trinajstić information content (AvgIpc) is 3.59. The number of carbonyl (C=O) groups is 3. The number of nitrogens with zero attached hydrogens (tertiary/aromatic N) is 2. The molecule has 2 aliphatic carbocycles. The number of fused-ring (bicyclic) bond motifs is 8. The van der Waals surface area contributed by atoms with E-state index in [0.717, 1.165) is 17.7 Å². The number of esters is 1. The standard InChI is InChI=1S/C26H24N2O7/c1-12(29)34-14-6-4-13(5-7-14)28-25(30)20-17-11-18(21(20)26(28)31)24-22(17)23(27-35-24)16-9-8-15(32-2)10-19(16)33-3/h4-10,17-18,20-22,24H,11H2,1-3H3/t17-,18-,20-,21-,22-,24+/m0/s1. The SMILES string of the molecule is COc1ccc(C2=NO[C@@H]3[C@H]4C[C@H]([C@@H]23)[C@@H]2C(=O)N(c3ccc(OC(C)=O)cc3)C(=O)[C@@H]42)c(OC)c1. The molecular formula is C26H24N2O7. The fourth-order valence-electron chi connectivity index (χ4n) is 6.44. The first-order valence-corrected chi connectivity index (χ1v) is 11.5. The van der Waals surface area contributed by atoms with E-state index in [1.165, 1.54) is 11.8 Å². The van der Waals surface area contributed by atoms with E-state index >= 15 is 0 Å². The van der Waals surface area contributed by atoms with Crippen molar-refractivity contribution >= 4 is 29.2 Å². The van der Waals surface area contributed by atoms with E-state index < -0.39 is 17.8 Å². The zero-order valence-electron chi connectivity index (χ0n) is 19.5. The van der Waals surface area contributed by atoms with E-state index in [1.807, 2.05) is 12.1 Å². The van der Waals surface area contributed by atoms with Crippen molar-refractivity contribution in [3.63, 3.8) is 0 Å². The highest BCUT2D eigenvalue weighted by Gasteiger charge is 2.70. The topological polar surface area (TPSA) is 104 Å². The van der Waals surface area contributed by atoms with Crippen LogP contribution in [0.15, 0.2) is 47.6 Å². The van der Waals surface area contributed by atoms with Crippen LogP contribution in [0.3, 0.4) is 0 Å². The van der Waals surface area contributed by atoms with Crippen molar-refractivity contribution in [1.82, 2.24) is 0 Å². The van der Waals surface area contributed by atoms with Crippen LogP contribution in [-0.4, -0.2) is 43.8 Å². The van der Waals surface area contributed by atoms with E-state index in [2.05, 4.69) is 5.16 Å². The second-order valence-electron chi connectivity index (χ2n) is 9.35. The number of ether oxygens (including phenoxy) is 3. The van der Waals surface area contributed by atoms with Gasteiger partial charge in [-0.2, -0.15) is 0 Å². The van der Waals surface area contributed by atoms with Gasteiger partial charge in [0.05, 0.1) is 37.5 Å². The van der Waals surface area contributed by atoms with Gasteiger partial charge in [-0.1, -0.05) is 5.16 Å². The normalized spacial score (nSPS) is 30.0. The fraction of sp³-hybridized carbons (Fsp3) is 0.385. The van der Waals surface area contributed by atoms with Crippen molar-refractivity contribution in [1.29, 1.82) is 0 Å². The number of rotatable bonds is 5. The summed E-state index contributed by atoms with van der Waals surface area (Å²) in [5.41, 5.74) is 2.03. The van der Waals surface area contributed by atoms with Crippen LogP contribution in [0, 0.1) is 29.6 Å². The van der Waals surface area contributed by atoms with Gasteiger partial charge in [-0.25, -0.2) is 0 Å². The molecule has 9 nitrogen and oxygen atoms in total. The van der Waals surface area contributed by atoms with E-state index in [4.69, 9.17) is 19.0 Å². The summed E-state index contributed by atoms with van der Waals surface area (Å²) in [6, 6.07) is 12.0. The number of amides is 2. The van der Waals surface area contributed by atoms with Crippen LogP contribution in [0.4, 0.5) is 5.69 Å². The van der Waals surface area contributed by atoms with Gasteiger partial charge in [0, 0.05) is 30.4 Å². The average molecular weight is 476 g/mol. The Balaban J connectivity index is 1.30. The van der Waals surface area contributed by atoms with Crippen LogP contribution in [0.2, 0.25) is 0 Å². The fourth-order valence-corrected chi connectivity index (χ4v) is 6.44. The van der Waals surface area contributed by atoms with Gasteiger partial charge in [0.1, 0.15) is 23.4 Å². The number of hydrogen-bond donors (Lipinski definition) is 0. The van der Waals surface area contributed by atoms with E-state index in [0.29, 0.717) is 22.9 Å². The summed E-state index contributed by atoms with van der Waals surface area (Å²) in [6.07, 6.45) is 0.505. The molecule has 180 valence electrons. The molecule has 6 rings (SSSR count). The third kappa shape index (κ3) is 3.07. The van der Waals surface area contributed by atoms with Crippen LogP contribution in [0.5, 0.6) is 17.2 Å². The summed E-state index contributed by atoms with van der Waals surface area (Å²) in [6.45, 7) is 1.32. The molecule has 0 unspecified atom stereocenters. The second-order valence-corrected chi connectivity index (χ2v) is 9.35. The van der Waals surface area contributed by atoms with Gasteiger partial charge < -0.3 is 19.0 Å². The largest absolute Gasteiger partial charge is 0.497 e. The quantitative estimate of drug-likeness (QED) is 0.371. The predicted octanol–water partition coefficient (Wildman–Crippen LogP) is 2.80. The van der Waals surface area contributed by atoms with Crippen LogP contribution in [0.25, 0.3) is 0 Å². The molecule has 9 heteroatoms. The molecule has 2 amide bonds. The summed E-state index contributed by atoms with van der Waals surface area (Å²) in [5.74, 6) is -0.251. The van der Waals surface area contributed by atoms with Crippen molar-refractivity contribution in [3.05, 3.63) is 48.0 Å². The first-order chi connectivity index (χ1) is 16.9. The number of methoxy groups -OCH3 is 2. The molecule has 2 aromatic carbocycles. The molecule has 0 N–H and O–H groups in total. The van der Waals surface area contributed by atoms with Gasteiger partial charge in [0.15, 0.2) is 0 Å². The molecule has 4 aliphatic rings. The van der Waals surface area contributed by atoms with Crippen molar-refractivity contribution in [3.8, 4) is 17.2 Å². The summed E-state index contributed by atoms with van der Waals surface area (Å²) in [4.78, 5) is 45.4. The van der Waals surface area contributed by atoms with E-state index in [1.54, 1.807) is 44.6 Å². The van der Waals surface area contributed by atoms with Crippen molar-refractivity contribution in [2.45, 2.75) is 19.4 Å². The lowest BCUT2D eigenvalue weighted by molar-refractivity contribution is -0.132. The molecule has 3 fully saturated rings. The minimum atomic E-state index is -0.435. The third-order valence-corrected chi connectivity index (χ3v) is 7.73. The molecular weight excluding hydrogens is 452 g/mol. The van der Waals surface area contributed by atoms with Crippen LogP contribution < -0.4 is 19.1 Å². The molecule has 1 saturated heterocycles. The molecule has 2 bridgehead atoms. The van der Waals surface area contributed by atoms with Crippen LogP contribution in [-0.2, 0) is 19.2 Å². The smallest absolute Gasteiger partial charge is 0.308 e. The summed E-state index contributed by atoms with van der Waals surface area (Å²) >= 11 is 0. The van der Waals surface area contributed by atoms with E-state index in [-0.39, 0.29) is 35.7 Å². The Morgan fingerprint density at radius 2 is 1.63 bits per heavy atom. The first-order valence-electron chi connectivity index (χ1n) is 11.5. The highest BCUT2D eigenvalue weighted by atomic mass is 16.6. The molecule has 6 atom stereocenters. The molecule has 2 aromatic rings. The minimum absolute atomic E-state index is 0.0511. The van der Waals surface area contributed by atoms with Gasteiger partial charge in [-0.3, -0.25) is 19.3 Å². The summed E-state index contributed by atoms with van der Waals surface area (Å²) in [7, 11) is 3.18. The maximum atomic E-state index is 13.6. The predicted molar refractivity (Wildman–Crippen MR) is 123 cm³/mol. The Labute approximate surface area is 201 Å². The van der Waals surface area contributed by atoms with Crippen LogP contribution >= 0.6 is 0 Å². The Hall–Kier alpha value is -3.88. The van der Waals surface area contributed by atoms with Gasteiger partial charge in [0.2, 0.25) is 11.8 Å². The Kier molecular flexibility index (Phi) is 4.84. The van der Waals surface area contributed by atoms with Gasteiger partial charge in [-0.15, -0.1) is 0 Å². The van der Waals surface area contributed by atoms with Crippen molar-refractivity contribution < 1.29 is 33.4 Å². The molecule has 0 radical (unpaired) electrons. The maximum absolute atomic E-state index is 13.6. The van der Waals surface area contributed by atoms with Gasteiger partial charge >= 0.3 is 5.97 Å². The minimum Gasteiger partial charge on any atom is -0.497 e. The molecule has 2 aliphatic heterocycles. The molecule has 0 spiro atoms. The lowest BCUT2D eigenvalue weighted by Crippen LogP contribution is -2.41. The zero-order chi connectivity index (χ0) is 24.4. The highest BCUT2D eigenvalue weighted by Crippen LogP contribution is 2.62. The Bertz CT molecular complexity index is 1270. The van der Waals surface area contributed by atoms with Gasteiger partial charge in [-0.05, 0) is 48.7 Å². The number of carbonyl (C=O) groups excluding carboxylic acids is 3. The van der Waals surface area contributed by atoms with Crippen LogP contribution in [0.1, 0.15) is 18.9 Å². The number of benzene rings is 2. The lowest BCUT2D eigenvalue weighted by Gasteiger charge is -2.30. The molecule has 2 heterocycles. The number of oxime groups is 1. The lowest BCUT2D eigenvalue weighted by atomic mass is 9.71. The number of imide groups is 1. The van der Waals surface area contributed by atoms with Crippen molar-refractivity contribution in [2.24, 2.45) is 34.7 Å².